The molecule has 0 saturated heterocycles. The number of carbonyl (C=O) groups excluding carboxylic acids is 1. The zero-order valence-corrected chi connectivity index (χ0v) is 15.2. The molecule has 0 N–H and O–H groups in total. The number of rotatable bonds is 3. The third kappa shape index (κ3) is 3.01. The first-order valence-electron chi connectivity index (χ1n) is 9.18. The number of amides is 1. The van der Waals surface area contributed by atoms with E-state index in [1.54, 1.807) is 6.20 Å². The van der Waals surface area contributed by atoms with Crippen LogP contribution in [0.3, 0.4) is 0 Å². The first kappa shape index (κ1) is 16.5. The van der Waals surface area contributed by atoms with Crippen molar-refractivity contribution in [3.8, 4) is 0 Å². The Labute approximate surface area is 149 Å². The Bertz CT molecular complexity index is 776. The second kappa shape index (κ2) is 6.37. The molecule has 2 saturated carbocycles. The normalized spacial score (nSPS) is 28.5. The van der Waals surface area contributed by atoms with Crippen LogP contribution in [0.25, 0.3) is 11.0 Å². The quantitative estimate of drug-likeness (QED) is 0.863. The molecule has 4 atom stereocenters. The highest BCUT2D eigenvalue weighted by Gasteiger charge is 2.44. The molecule has 0 radical (unpaired) electrons. The zero-order chi connectivity index (χ0) is 17.6. The van der Waals surface area contributed by atoms with E-state index in [9.17, 15) is 4.79 Å². The van der Waals surface area contributed by atoms with Crippen molar-refractivity contribution in [3.05, 3.63) is 36.2 Å². The van der Waals surface area contributed by atoms with Crippen LogP contribution in [0.15, 0.2) is 30.5 Å². The highest BCUT2D eigenvalue weighted by molar-refractivity contribution is 5.93. The molecule has 2 aliphatic carbocycles. The van der Waals surface area contributed by atoms with Crippen molar-refractivity contribution in [3.63, 3.8) is 0 Å². The molecular formula is C20H26N4O. The number of aromatic nitrogens is 2. The van der Waals surface area contributed by atoms with Crippen LogP contribution in [0.2, 0.25) is 0 Å². The highest BCUT2D eigenvalue weighted by atomic mass is 16.2. The lowest BCUT2D eigenvalue weighted by Crippen LogP contribution is -2.37. The van der Waals surface area contributed by atoms with E-state index >= 15 is 0 Å². The maximum absolute atomic E-state index is 12.9. The minimum absolute atomic E-state index is 0.00705. The van der Waals surface area contributed by atoms with Gasteiger partial charge in [0.1, 0.15) is 5.69 Å². The molecule has 4 rings (SSSR count). The molecular weight excluding hydrogens is 312 g/mol. The first-order chi connectivity index (χ1) is 12.0. The van der Waals surface area contributed by atoms with Crippen molar-refractivity contribution in [2.75, 3.05) is 21.1 Å². The number of hydrogen-bond donors (Lipinski definition) is 0. The van der Waals surface area contributed by atoms with Crippen molar-refractivity contribution in [1.82, 2.24) is 19.8 Å². The van der Waals surface area contributed by atoms with Crippen LogP contribution in [0.5, 0.6) is 0 Å². The standard InChI is InChI=1S/C20H26N4O/c1-23(2)15-8-13-10-16(11-14(13)9-15)24(3)20(25)19-12-21-17-6-4-5-7-18(17)22-19/h4-7,12-16H,8-11H2,1-3H3/t13-,14+,15?,16?. The number of carbonyl (C=O) groups is 1. The molecule has 5 heteroatoms. The largest absolute Gasteiger partial charge is 0.337 e. The summed E-state index contributed by atoms with van der Waals surface area (Å²) in [5.74, 6) is 1.51. The summed E-state index contributed by atoms with van der Waals surface area (Å²) in [6, 6.07) is 8.72. The maximum Gasteiger partial charge on any atom is 0.274 e. The van der Waals surface area contributed by atoms with Gasteiger partial charge in [-0.05, 0) is 63.7 Å². The molecule has 2 unspecified atom stereocenters. The zero-order valence-electron chi connectivity index (χ0n) is 15.2. The van der Waals surface area contributed by atoms with E-state index < -0.39 is 0 Å². The van der Waals surface area contributed by atoms with Crippen molar-refractivity contribution in [2.24, 2.45) is 11.8 Å². The Morgan fingerprint density at radius 2 is 1.56 bits per heavy atom. The smallest absolute Gasteiger partial charge is 0.274 e. The summed E-state index contributed by atoms with van der Waals surface area (Å²) in [4.78, 5) is 26.0. The van der Waals surface area contributed by atoms with Crippen LogP contribution in [0.1, 0.15) is 36.2 Å². The summed E-state index contributed by atoms with van der Waals surface area (Å²) < 4.78 is 0. The molecule has 132 valence electrons. The molecule has 0 bridgehead atoms. The van der Waals surface area contributed by atoms with Gasteiger partial charge in [0.2, 0.25) is 0 Å². The Morgan fingerprint density at radius 1 is 0.960 bits per heavy atom. The van der Waals surface area contributed by atoms with E-state index in [0.717, 1.165) is 35.7 Å². The lowest BCUT2D eigenvalue weighted by molar-refractivity contribution is 0.0720. The summed E-state index contributed by atoms with van der Waals surface area (Å²) in [6.07, 6.45) is 6.40. The summed E-state index contributed by atoms with van der Waals surface area (Å²) in [5.41, 5.74) is 2.05. The fourth-order valence-electron chi connectivity index (χ4n) is 4.70. The first-order valence-corrected chi connectivity index (χ1v) is 9.18. The second-order valence-electron chi connectivity index (χ2n) is 7.89. The predicted molar refractivity (Wildman–Crippen MR) is 98.3 cm³/mol. The third-order valence-electron chi connectivity index (χ3n) is 6.23. The Kier molecular flexibility index (Phi) is 4.20. The van der Waals surface area contributed by atoms with E-state index in [4.69, 9.17) is 0 Å². The Hall–Kier alpha value is -2.01. The number of para-hydroxylation sites is 2. The number of nitrogens with zero attached hydrogens (tertiary/aromatic N) is 4. The average Bonchev–Trinajstić information content (AvgIpc) is 3.19. The molecule has 25 heavy (non-hydrogen) atoms. The van der Waals surface area contributed by atoms with E-state index in [0.29, 0.717) is 17.8 Å². The summed E-state index contributed by atoms with van der Waals surface area (Å²) in [7, 11) is 6.28. The fourth-order valence-corrected chi connectivity index (χ4v) is 4.70. The molecule has 2 aromatic rings. The van der Waals surface area contributed by atoms with Crippen LogP contribution in [0, 0.1) is 11.8 Å². The lowest BCUT2D eigenvalue weighted by atomic mass is 10.0. The van der Waals surface area contributed by atoms with Gasteiger partial charge in [-0.25, -0.2) is 4.98 Å². The predicted octanol–water partition coefficient (Wildman–Crippen LogP) is 2.82. The SMILES string of the molecule is CN(C)C1C[C@@H]2CC(N(C)C(=O)c3cnc4ccccc4n3)C[C@@H]2C1. The molecule has 1 heterocycles. The molecule has 2 aliphatic rings. The van der Waals surface area contributed by atoms with Crippen molar-refractivity contribution in [1.29, 1.82) is 0 Å². The van der Waals surface area contributed by atoms with Gasteiger partial charge in [-0.1, -0.05) is 12.1 Å². The van der Waals surface area contributed by atoms with E-state index in [2.05, 4.69) is 29.0 Å². The topological polar surface area (TPSA) is 49.3 Å². The molecule has 1 amide bonds. The fraction of sp³-hybridized carbons (Fsp3) is 0.550. The minimum Gasteiger partial charge on any atom is -0.337 e. The van der Waals surface area contributed by atoms with Crippen LogP contribution in [-0.2, 0) is 0 Å². The van der Waals surface area contributed by atoms with E-state index in [-0.39, 0.29) is 5.91 Å². The number of fused-ring (bicyclic) bond motifs is 2. The van der Waals surface area contributed by atoms with Crippen molar-refractivity contribution in [2.45, 2.75) is 37.8 Å². The van der Waals surface area contributed by atoms with E-state index in [1.165, 1.54) is 12.8 Å². The molecule has 0 aliphatic heterocycles. The average molecular weight is 338 g/mol. The van der Waals surface area contributed by atoms with Crippen LogP contribution in [-0.4, -0.2) is 58.9 Å². The molecule has 0 spiro atoms. The molecule has 5 nitrogen and oxygen atoms in total. The number of benzene rings is 1. The molecule has 2 fully saturated rings. The van der Waals surface area contributed by atoms with Crippen molar-refractivity contribution < 1.29 is 4.79 Å². The van der Waals surface area contributed by atoms with Crippen molar-refractivity contribution >= 4 is 16.9 Å². The Morgan fingerprint density at radius 3 is 2.20 bits per heavy atom. The summed E-state index contributed by atoms with van der Waals surface area (Å²) >= 11 is 0. The molecule has 1 aromatic carbocycles. The minimum atomic E-state index is -0.00705. The van der Waals surface area contributed by atoms with Gasteiger partial charge in [0.15, 0.2) is 0 Å². The van der Waals surface area contributed by atoms with Gasteiger partial charge in [-0.15, -0.1) is 0 Å². The summed E-state index contributed by atoms with van der Waals surface area (Å²) in [6.45, 7) is 0. The highest BCUT2D eigenvalue weighted by Crippen LogP contribution is 2.46. The van der Waals surface area contributed by atoms with Gasteiger partial charge in [0.05, 0.1) is 17.2 Å². The third-order valence-corrected chi connectivity index (χ3v) is 6.23. The lowest BCUT2D eigenvalue weighted by Gasteiger charge is -2.26. The summed E-state index contributed by atoms with van der Waals surface area (Å²) in [5, 5.41) is 0. The van der Waals surface area contributed by atoms with Gasteiger partial charge in [-0.3, -0.25) is 9.78 Å². The van der Waals surface area contributed by atoms with Crippen LogP contribution < -0.4 is 0 Å². The maximum atomic E-state index is 12.9. The monoisotopic (exact) mass is 338 g/mol. The van der Waals surface area contributed by atoms with Crippen LogP contribution >= 0.6 is 0 Å². The van der Waals surface area contributed by atoms with Gasteiger partial charge in [0, 0.05) is 19.1 Å². The van der Waals surface area contributed by atoms with Crippen LogP contribution in [0.4, 0.5) is 0 Å². The van der Waals surface area contributed by atoms with Gasteiger partial charge < -0.3 is 9.80 Å². The second-order valence-corrected chi connectivity index (χ2v) is 7.89. The van der Waals surface area contributed by atoms with E-state index in [1.807, 2.05) is 36.2 Å². The van der Waals surface area contributed by atoms with Gasteiger partial charge in [0.25, 0.3) is 5.91 Å². The molecule has 1 aromatic heterocycles. The van der Waals surface area contributed by atoms with Gasteiger partial charge in [-0.2, -0.15) is 0 Å². The van der Waals surface area contributed by atoms with Gasteiger partial charge >= 0.3 is 0 Å². The number of hydrogen-bond acceptors (Lipinski definition) is 4. The Balaban J connectivity index is 1.46.